The zero-order valence-corrected chi connectivity index (χ0v) is 12.3. The van der Waals surface area contributed by atoms with E-state index in [2.05, 4.69) is 25.7 Å². The summed E-state index contributed by atoms with van der Waals surface area (Å²) in [7, 11) is 3.18. The van der Waals surface area contributed by atoms with Crippen molar-refractivity contribution in [3.63, 3.8) is 0 Å². The summed E-state index contributed by atoms with van der Waals surface area (Å²) >= 11 is 0. The minimum atomic E-state index is -4.51. The summed E-state index contributed by atoms with van der Waals surface area (Å²) in [6, 6.07) is 5.46. The largest absolute Gasteiger partial charge is 0.421 e. The fourth-order valence-electron chi connectivity index (χ4n) is 2.19. The first-order valence-corrected chi connectivity index (χ1v) is 6.69. The van der Waals surface area contributed by atoms with Crippen molar-refractivity contribution >= 4 is 28.4 Å². The summed E-state index contributed by atoms with van der Waals surface area (Å²) in [5.74, 6) is -0.208. The Hall–Kier alpha value is -2.84. The second-order valence-corrected chi connectivity index (χ2v) is 4.87. The minimum Gasteiger partial charge on any atom is -0.372 e. The first-order valence-electron chi connectivity index (χ1n) is 6.69. The van der Waals surface area contributed by atoms with E-state index in [4.69, 9.17) is 0 Å². The lowest BCUT2D eigenvalue weighted by Crippen LogP contribution is -2.12. The number of aromatic nitrogens is 4. The van der Waals surface area contributed by atoms with Crippen molar-refractivity contribution in [2.24, 2.45) is 7.05 Å². The zero-order chi connectivity index (χ0) is 16.6. The van der Waals surface area contributed by atoms with Crippen LogP contribution in [-0.4, -0.2) is 26.8 Å². The molecule has 120 valence electrons. The molecule has 0 aliphatic rings. The molecule has 0 atom stereocenters. The van der Waals surface area contributed by atoms with Gasteiger partial charge in [-0.2, -0.15) is 23.3 Å². The van der Waals surface area contributed by atoms with Crippen LogP contribution in [0.1, 0.15) is 5.56 Å². The molecule has 3 aromatic rings. The Morgan fingerprint density at radius 2 is 1.96 bits per heavy atom. The molecule has 2 aromatic heterocycles. The number of rotatable bonds is 3. The summed E-state index contributed by atoms with van der Waals surface area (Å²) in [4.78, 5) is 7.60. The predicted molar refractivity (Wildman–Crippen MR) is 80.6 cm³/mol. The van der Waals surface area contributed by atoms with Gasteiger partial charge in [0.05, 0.1) is 11.7 Å². The van der Waals surface area contributed by atoms with Gasteiger partial charge in [-0.3, -0.25) is 4.68 Å². The fourth-order valence-corrected chi connectivity index (χ4v) is 2.19. The maximum atomic E-state index is 12.8. The third-order valence-corrected chi connectivity index (χ3v) is 3.34. The number of aryl methyl sites for hydroxylation is 1. The quantitative estimate of drug-likeness (QED) is 0.775. The SMILES string of the molecule is CNc1nc(Nc2ccc3cnn(C)c3c2)ncc1C(F)(F)F. The van der Waals surface area contributed by atoms with Crippen LogP contribution in [0.15, 0.2) is 30.6 Å². The summed E-state index contributed by atoms with van der Waals surface area (Å²) in [5.41, 5.74) is 0.631. The molecule has 0 aliphatic carbocycles. The molecule has 3 rings (SSSR count). The first-order chi connectivity index (χ1) is 10.9. The summed E-state index contributed by atoms with van der Waals surface area (Å²) in [6.45, 7) is 0. The number of nitrogens with zero attached hydrogens (tertiary/aromatic N) is 4. The topological polar surface area (TPSA) is 67.7 Å². The van der Waals surface area contributed by atoms with Gasteiger partial charge in [0, 0.05) is 31.4 Å². The molecule has 2 N–H and O–H groups in total. The van der Waals surface area contributed by atoms with Gasteiger partial charge in [-0.25, -0.2) is 4.98 Å². The molecular weight excluding hydrogens is 309 g/mol. The van der Waals surface area contributed by atoms with Crippen LogP contribution in [0.4, 0.5) is 30.6 Å². The molecule has 0 spiro atoms. The molecule has 6 nitrogen and oxygen atoms in total. The minimum absolute atomic E-state index is 0.0730. The van der Waals surface area contributed by atoms with Crippen LogP contribution >= 0.6 is 0 Å². The van der Waals surface area contributed by atoms with Crippen LogP contribution in [0, 0.1) is 0 Å². The maximum Gasteiger partial charge on any atom is 0.421 e. The molecule has 23 heavy (non-hydrogen) atoms. The zero-order valence-electron chi connectivity index (χ0n) is 12.3. The van der Waals surface area contributed by atoms with Gasteiger partial charge in [-0.05, 0) is 18.2 Å². The number of alkyl halides is 3. The molecule has 0 amide bonds. The Morgan fingerprint density at radius 3 is 2.65 bits per heavy atom. The number of hydrogen-bond acceptors (Lipinski definition) is 5. The lowest BCUT2D eigenvalue weighted by atomic mass is 10.2. The molecule has 2 heterocycles. The molecule has 0 fully saturated rings. The van der Waals surface area contributed by atoms with Crippen LogP contribution in [0.3, 0.4) is 0 Å². The van der Waals surface area contributed by atoms with Crippen molar-refractivity contribution in [3.05, 3.63) is 36.2 Å². The number of nitrogens with one attached hydrogen (secondary N) is 2. The fraction of sp³-hybridized carbons (Fsp3) is 0.214. The van der Waals surface area contributed by atoms with E-state index in [1.807, 2.05) is 12.1 Å². The highest BCUT2D eigenvalue weighted by Crippen LogP contribution is 2.33. The predicted octanol–water partition coefficient (Wildman–Crippen LogP) is 3.17. The number of hydrogen-bond donors (Lipinski definition) is 2. The molecule has 0 bridgehead atoms. The van der Waals surface area contributed by atoms with Gasteiger partial charge in [-0.15, -0.1) is 0 Å². The van der Waals surface area contributed by atoms with E-state index >= 15 is 0 Å². The van der Waals surface area contributed by atoms with Crippen molar-refractivity contribution in [1.29, 1.82) is 0 Å². The van der Waals surface area contributed by atoms with Gasteiger partial charge in [0.25, 0.3) is 0 Å². The molecular formula is C14H13F3N6. The van der Waals surface area contributed by atoms with Crippen LogP contribution in [0.5, 0.6) is 0 Å². The van der Waals surface area contributed by atoms with Gasteiger partial charge in [-0.1, -0.05) is 0 Å². The monoisotopic (exact) mass is 322 g/mol. The van der Waals surface area contributed by atoms with E-state index in [1.165, 1.54) is 7.05 Å². The number of fused-ring (bicyclic) bond motifs is 1. The van der Waals surface area contributed by atoms with E-state index in [1.54, 1.807) is 24.0 Å². The van der Waals surface area contributed by atoms with Crippen molar-refractivity contribution in [3.8, 4) is 0 Å². The highest BCUT2D eigenvalue weighted by atomic mass is 19.4. The summed E-state index contributed by atoms with van der Waals surface area (Å²) in [5, 5.41) is 10.4. The average Bonchev–Trinajstić information content (AvgIpc) is 2.87. The molecule has 0 saturated heterocycles. The smallest absolute Gasteiger partial charge is 0.372 e. The lowest BCUT2D eigenvalue weighted by Gasteiger charge is -2.13. The molecule has 0 aliphatic heterocycles. The molecule has 0 saturated carbocycles. The van der Waals surface area contributed by atoms with E-state index < -0.39 is 11.7 Å². The van der Waals surface area contributed by atoms with Crippen molar-refractivity contribution in [2.45, 2.75) is 6.18 Å². The van der Waals surface area contributed by atoms with E-state index in [0.717, 1.165) is 17.1 Å². The Bertz CT molecular complexity index is 855. The highest BCUT2D eigenvalue weighted by molar-refractivity contribution is 5.83. The third kappa shape index (κ3) is 2.89. The number of benzene rings is 1. The number of anilines is 3. The second kappa shape index (κ2) is 5.41. The van der Waals surface area contributed by atoms with Gasteiger partial charge >= 0.3 is 6.18 Å². The normalized spacial score (nSPS) is 11.7. The van der Waals surface area contributed by atoms with Gasteiger partial charge in [0.15, 0.2) is 0 Å². The van der Waals surface area contributed by atoms with Gasteiger partial charge < -0.3 is 10.6 Å². The second-order valence-electron chi connectivity index (χ2n) is 4.87. The Balaban J connectivity index is 1.93. The standard InChI is InChI=1S/C14H13F3N6/c1-18-12-10(14(15,16)17)7-19-13(22-12)21-9-4-3-8-6-20-23(2)11(8)5-9/h3-7H,1-2H3,(H2,18,19,21,22). The first kappa shape index (κ1) is 15.1. The number of halogens is 3. The van der Waals surface area contributed by atoms with Crippen LogP contribution in [0.25, 0.3) is 10.9 Å². The van der Waals surface area contributed by atoms with E-state index in [-0.39, 0.29) is 11.8 Å². The van der Waals surface area contributed by atoms with Crippen LogP contribution in [-0.2, 0) is 13.2 Å². The van der Waals surface area contributed by atoms with Crippen molar-refractivity contribution in [1.82, 2.24) is 19.7 Å². The van der Waals surface area contributed by atoms with Crippen LogP contribution < -0.4 is 10.6 Å². The van der Waals surface area contributed by atoms with Gasteiger partial charge in [0.1, 0.15) is 11.4 Å². The van der Waals surface area contributed by atoms with E-state index in [9.17, 15) is 13.2 Å². The summed E-state index contributed by atoms with van der Waals surface area (Å²) < 4.78 is 40.2. The van der Waals surface area contributed by atoms with Gasteiger partial charge in [0.2, 0.25) is 5.95 Å². The molecule has 0 radical (unpaired) electrons. The lowest BCUT2D eigenvalue weighted by molar-refractivity contribution is -0.137. The van der Waals surface area contributed by atoms with Crippen molar-refractivity contribution < 1.29 is 13.2 Å². The Labute approximate surface area is 129 Å². The Morgan fingerprint density at radius 1 is 1.17 bits per heavy atom. The maximum absolute atomic E-state index is 12.8. The highest BCUT2D eigenvalue weighted by Gasteiger charge is 2.35. The Kier molecular flexibility index (Phi) is 3.55. The molecule has 0 unspecified atom stereocenters. The average molecular weight is 322 g/mol. The molecule has 9 heteroatoms. The van der Waals surface area contributed by atoms with Crippen molar-refractivity contribution in [2.75, 3.05) is 17.7 Å². The van der Waals surface area contributed by atoms with E-state index in [0.29, 0.717) is 5.69 Å². The van der Waals surface area contributed by atoms with Crippen LogP contribution in [0.2, 0.25) is 0 Å². The third-order valence-electron chi connectivity index (χ3n) is 3.34. The summed E-state index contributed by atoms with van der Waals surface area (Å²) in [6.07, 6.45) is -2.03. The molecule has 1 aromatic carbocycles.